The van der Waals surface area contributed by atoms with Gasteiger partial charge < -0.3 is 19.2 Å². The molecular formula is C15H25NO3. The van der Waals surface area contributed by atoms with E-state index >= 15 is 0 Å². The van der Waals surface area contributed by atoms with Crippen molar-refractivity contribution in [3.05, 3.63) is 23.2 Å². The molecule has 1 aromatic heterocycles. The minimum Gasteiger partial charge on any atom is -0.466 e. The summed E-state index contributed by atoms with van der Waals surface area (Å²) in [7, 11) is 3.32. The zero-order valence-electron chi connectivity index (χ0n) is 12.6. The Balaban J connectivity index is 2.11. The summed E-state index contributed by atoms with van der Waals surface area (Å²) in [6, 6.07) is 2.46. The van der Waals surface area contributed by atoms with E-state index in [-0.39, 0.29) is 11.7 Å². The van der Waals surface area contributed by atoms with Crippen LogP contribution in [-0.4, -0.2) is 27.1 Å². The second kappa shape index (κ2) is 5.65. The van der Waals surface area contributed by atoms with E-state index in [0.717, 1.165) is 24.4 Å². The molecule has 1 atom stereocenters. The van der Waals surface area contributed by atoms with Gasteiger partial charge >= 0.3 is 0 Å². The third-order valence-corrected chi connectivity index (χ3v) is 3.79. The van der Waals surface area contributed by atoms with Gasteiger partial charge in [-0.15, -0.1) is 0 Å². The van der Waals surface area contributed by atoms with Crippen LogP contribution in [0.15, 0.2) is 10.5 Å². The summed E-state index contributed by atoms with van der Waals surface area (Å²) in [5.74, 6) is 2.11. The molecule has 1 aliphatic rings. The van der Waals surface area contributed by atoms with Gasteiger partial charge in [0.15, 0.2) is 6.29 Å². The molecule has 1 aromatic rings. The molecule has 0 saturated carbocycles. The van der Waals surface area contributed by atoms with Crippen molar-refractivity contribution < 1.29 is 13.9 Å². The van der Waals surface area contributed by atoms with Gasteiger partial charge in [-0.25, -0.2) is 0 Å². The van der Waals surface area contributed by atoms with E-state index in [1.54, 1.807) is 14.2 Å². The largest absolute Gasteiger partial charge is 0.466 e. The van der Waals surface area contributed by atoms with Crippen LogP contribution in [0, 0.1) is 12.3 Å². The van der Waals surface area contributed by atoms with Crippen molar-refractivity contribution in [2.75, 3.05) is 20.8 Å². The van der Waals surface area contributed by atoms with Crippen LogP contribution in [-0.2, 0) is 15.9 Å². The summed E-state index contributed by atoms with van der Waals surface area (Å²) >= 11 is 0. The Labute approximate surface area is 115 Å². The molecule has 4 heteroatoms. The first kappa shape index (κ1) is 14.6. The summed E-state index contributed by atoms with van der Waals surface area (Å²) in [4.78, 5) is 0. The monoisotopic (exact) mass is 267 g/mol. The lowest BCUT2D eigenvalue weighted by Gasteiger charge is -2.35. The van der Waals surface area contributed by atoms with Gasteiger partial charge in [-0.1, -0.05) is 13.8 Å². The number of methoxy groups -OCH3 is 2. The Morgan fingerprint density at radius 3 is 2.74 bits per heavy atom. The molecule has 0 fully saturated rings. The van der Waals surface area contributed by atoms with Gasteiger partial charge in [-0.05, 0) is 24.8 Å². The Kier molecular flexibility index (Phi) is 4.33. The van der Waals surface area contributed by atoms with E-state index in [1.807, 2.05) is 6.92 Å². The van der Waals surface area contributed by atoms with Crippen LogP contribution in [0.2, 0.25) is 0 Å². The summed E-state index contributed by atoms with van der Waals surface area (Å²) in [5.41, 5.74) is 1.55. The molecule has 1 aliphatic carbocycles. The number of furan rings is 1. The van der Waals surface area contributed by atoms with Crippen molar-refractivity contribution in [3.8, 4) is 0 Å². The molecule has 2 rings (SSSR count). The van der Waals surface area contributed by atoms with Gasteiger partial charge in [0.1, 0.15) is 11.5 Å². The van der Waals surface area contributed by atoms with Crippen molar-refractivity contribution >= 4 is 0 Å². The Hall–Kier alpha value is -0.840. The average molecular weight is 267 g/mol. The van der Waals surface area contributed by atoms with E-state index in [9.17, 15) is 0 Å². The molecule has 0 aromatic carbocycles. The molecule has 0 amide bonds. The fourth-order valence-electron chi connectivity index (χ4n) is 2.87. The predicted molar refractivity (Wildman–Crippen MR) is 74.1 cm³/mol. The van der Waals surface area contributed by atoms with Gasteiger partial charge in [0.05, 0.1) is 0 Å². The van der Waals surface area contributed by atoms with Gasteiger partial charge in [0, 0.05) is 38.8 Å². The highest BCUT2D eigenvalue weighted by Crippen LogP contribution is 2.41. The summed E-state index contributed by atoms with van der Waals surface area (Å²) in [6.45, 7) is 7.26. The molecule has 1 unspecified atom stereocenters. The minimum atomic E-state index is -0.207. The molecule has 0 saturated heterocycles. The predicted octanol–water partition coefficient (Wildman–Crippen LogP) is 2.81. The van der Waals surface area contributed by atoms with Crippen molar-refractivity contribution in [1.82, 2.24) is 5.32 Å². The Morgan fingerprint density at radius 2 is 2.11 bits per heavy atom. The van der Waals surface area contributed by atoms with E-state index in [1.165, 1.54) is 5.56 Å². The summed E-state index contributed by atoms with van der Waals surface area (Å²) in [5, 5.41) is 3.54. The number of nitrogens with one attached hydrogen (secondary N) is 1. The molecular weight excluding hydrogens is 242 g/mol. The second-order valence-corrected chi connectivity index (χ2v) is 6.14. The van der Waals surface area contributed by atoms with Crippen LogP contribution in [0.25, 0.3) is 0 Å². The first-order valence-electron chi connectivity index (χ1n) is 6.83. The van der Waals surface area contributed by atoms with Crippen LogP contribution >= 0.6 is 0 Å². The normalized spacial score (nSPS) is 21.7. The number of rotatable bonds is 5. The third kappa shape index (κ3) is 3.38. The van der Waals surface area contributed by atoms with Gasteiger partial charge in [0.2, 0.25) is 0 Å². The molecule has 0 spiro atoms. The number of hydrogen-bond acceptors (Lipinski definition) is 4. The van der Waals surface area contributed by atoms with Crippen LogP contribution in [0.4, 0.5) is 0 Å². The highest BCUT2D eigenvalue weighted by atomic mass is 16.7. The topological polar surface area (TPSA) is 43.6 Å². The lowest BCUT2D eigenvalue weighted by molar-refractivity contribution is -0.100. The number of hydrogen-bond donors (Lipinski definition) is 1. The van der Waals surface area contributed by atoms with E-state index in [2.05, 4.69) is 25.2 Å². The van der Waals surface area contributed by atoms with Crippen LogP contribution in [0.1, 0.15) is 43.4 Å². The van der Waals surface area contributed by atoms with E-state index in [4.69, 9.17) is 13.9 Å². The molecule has 4 nitrogen and oxygen atoms in total. The highest BCUT2D eigenvalue weighted by molar-refractivity contribution is 5.29. The zero-order chi connectivity index (χ0) is 14.0. The van der Waals surface area contributed by atoms with Crippen LogP contribution in [0.5, 0.6) is 0 Å². The Morgan fingerprint density at radius 1 is 1.42 bits per heavy atom. The molecule has 1 heterocycles. The number of fused-ring (bicyclic) bond motifs is 1. The first-order chi connectivity index (χ1) is 8.95. The lowest BCUT2D eigenvalue weighted by Crippen LogP contribution is -2.37. The average Bonchev–Trinajstić information content (AvgIpc) is 2.69. The third-order valence-electron chi connectivity index (χ3n) is 3.79. The maximum absolute atomic E-state index is 5.83. The van der Waals surface area contributed by atoms with Gasteiger partial charge in [-0.3, -0.25) is 0 Å². The molecule has 0 aliphatic heterocycles. The van der Waals surface area contributed by atoms with E-state index in [0.29, 0.717) is 12.6 Å². The van der Waals surface area contributed by atoms with Crippen LogP contribution < -0.4 is 5.32 Å². The Bertz CT molecular complexity index is 421. The molecule has 19 heavy (non-hydrogen) atoms. The van der Waals surface area contributed by atoms with Crippen molar-refractivity contribution in [3.63, 3.8) is 0 Å². The van der Waals surface area contributed by atoms with Gasteiger partial charge in [-0.2, -0.15) is 0 Å². The SMILES string of the molecule is COC(CNC1CC(C)(C)Cc2oc(C)cc21)OC. The number of ether oxygens (including phenoxy) is 2. The summed E-state index contributed by atoms with van der Waals surface area (Å²) < 4.78 is 16.3. The second-order valence-electron chi connectivity index (χ2n) is 6.14. The highest BCUT2D eigenvalue weighted by Gasteiger charge is 2.34. The summed E-state index contributed by atoms with van der Waals surface area (Å²) in [6.07, 6.45) is 1.90. The fourth-order valence-corrected chi connectivity index (χ4v) is 2.87. The van der Waals surface area contributed by atoms with Gasteiger partial charge in [0.25, 0.3) is 0 Å². The van der Waals surface area contributed by atoms with Crippen molar-refractivity contribution in [2.45, 2.75) is 45.9 Å². The minimum absolute atomic E-state index is 0.207. The molecule has 108 valence electrons. The molecule has 0 radical (unpaired) electrons. The van der Waals surface area contributed by atoms with Crippen molar-refractivity contribution in [1.29, 1.82) is 0 Å². The van der Waals surface area contributed by atoms with E-state index < -0.39 is 0 Å². The standard InChI is InChI=1S/C15H25NO3/c1-10-6-11-12(16-9-14(17-4)18-5)7-15(2,3)8-13(11)19-10/h6,12,14,16H,7-9H2,1-5H3. The quantitative estimate of drug-likeness (QED) is 0.833. The lowest BCUT2D eigenvalue weighted by atomic mass is 9.75. The molecule has 1 N–H and O–H groups in total. The first-order valence-corrected chi connectivity index (χ1v) is 6.83. The maximum Gasteiger partial charge on any atom is 0.169 e. The molecule has 0 bridgehead atoms. The van der Waals surface area contributed by atoms with Crippen LogP contribution in [0.3, 0.4) is 0 Å². The number of aryl methyl sites for hydroxylation is 1. The van der Waals surface area contributed by atoms with Crippen molar-refractivity contribution in [2.24, 2.45) is 5.41 Å². The zero-order valence-corrected chi connectivity index (χ0v) is 12.6. The maximum atomic E-state index is 5.83. The smallest absolute Gasteiger partial charge is 0.169 e. The fraction of sp³-hybridized carbons (Fsp3) is 0.733.